The van der Waals surface area contributed by atoms with E-state index in [1.165, 1.54) is 38.5 Å². The first-order chi connectivity index (χ1) is 9.83. The second-order valence-electron chi connectivity index (χ2n) is 6.20. The molecular formula is C16H25N3O. The van der Waals surface area contributed by atoms with Crippen LogP contribution in [-0.2, 0) is 6.54 Å². The van der Waals surface area contributed by atoms with E-state index in [1.807, 2.05) is 12.1 Å². The van der Waals surface area contributed by atoms with Gasteiger partial charge in [-0.1, -0.05) is 19.8 Å². The maximum atomic E-state index is 5.99. The van der Waals surface area contributed by atoms with E-state index in [9.17, 15) is 0 Å². The SMILES string of the molecule is CCC1CCCC(Oc2ccc(CNC3CC3)nn2)C1. The van der Waals surface area contributed by atoms with Crippen LogP contribution in [0.25, 0.3) is 0 Å². The Labute approximate surface area is 121 Å². The molecule has 2 unspecified atom stereocenters. The van der Waals surface area contributed by atoms with E-state index in [2.05, 4.69) is 22.4 Å². The normalized spacial score (nSPS) is 26.4. The maximum absolute atomic E-state index is 5.99. The highest BCUT2D eigenvalue weighted by Crippen LogP contribution is 2.29. The number of rotatable bonds is 6. The van der Waals surface area contributed by atoms with Gasteiger partial charge in [-0.05, 0) is 44.1 Å². The fraction of sp³-hybridized carbons (Fsp3) is 0.750. The van der Waals surface area contributed by atoms with Crippen LogP contribution < -0.4 is 10.1 Å². The minimum atomic E-state index is 0.332. The summed E-state index contributed by atoms with van der Waals surface area (Å²) in [6, 6.07) is 4.70. The molecular weight excluding hydrogens is 250 g/mol. The largest absolute Gasteiger partial charge is 0.473 e. The third-order valence-corrected chi connectivity index (χ3v) is 4.44. The molecule has 20 heavy (non-hydrogen) atoms. The van der Waals surface area contributed by atoms with E-state index in [0.29, 0.717) is 18.0 Å². The Morgan fingerprint density at radius 1 is 1.20 bits per heavy atom. The average Bonchev–Trinajstić information content (AvgIpc) is 3.31. The van der Waals surface area contributed by atoms with E-state index in [1.54, 1.807) is 0 Å². The number of nitrogens with one attached hydrogen (secondary N) is 1. The summed E-state index contributed by atoms with van der Waals surface area (Å²) < 4.78 is 5.99. The Kier molecular flexibility index (Phi) is 4.51. The minimum absolute atomic E-state index is 0.332. The quantitative estimate of drug-likeness (QED) is 0.866. The third-order valence-electron chi connectivity index (χ3n) is 4.44. The molecule has 1 N–H and O–H groups in total. The molecule has 0 radical (unpaired) electrons. The van der Waals surface area contributed by atoms with Crippen LogP contribution in [-0.4, -0.2) is 22.3 Å². The Morgan fingerprint density at radius 3 is 2.80 bits per heavy atom. The lowest BCUT2D eigenvalue weighted by Gasteiger charge is -2.28. The lowest BCUT2D eigenvalue weighted by Crippen LogP contribution is -2.25. The van der Waals surface area contributed by atoms with Gasteiger partial charge in [-0.2, -0.15) is 5.10 Å². The van der Waals surface area contributed by atoms with Gasteiger partial charge in [-0.15, -0.1) is 5.10 Å². The topological polar surface area (TPSA) is 47.0 Å². The summed E-state index contributed by atoms with van der Waals surface area (Å²) in [7, 11) is 0. The van der Waals surface area contributed by atoms with Crippen LogP contribution >= 0.6 is 0 Å². The summed E-state index contributed by atoms with van der Waals surface area (Å²) in [5.74, 6) is 1.51. The number of hydrogen-bond acceptors (Lipinski definition) is 4. The summed E-state index contributed by atoms with van der Waals surface area (Å²) in [6.07, 6.45) is 9.15. The second kappa shape index (κ2) is 6.53. The molecule has 0 spiro atoms. The molecule has 2 aliphatic carbocycles. The van der Waals surface area contributed by atoms with E-state index >= 15 is 0 Å². The monoisotopic (exact) mass is 275 g/mol. The molecule has 1 aromatic rings. The van der Waals surface area contributed by atoms with Gasteiger partial charge >= 0.3 is 0 Å². The fourth-order valence-electron chi connectivity index (χ4n) is 2.93. The van der Waals surface area contributed by atoms with E-state index < -0.39 is 0 Å². The Balaban J connectivity index is 1.49. The number of hydrogen-bond donors (Lipinski definition) is 1. The van der Waals surface area contributed by atoms with Crippen LogP contribution in [0, 0.1) is 5.92 Å². The van der Waals surface area contributed by atoms with Gasteiger partial charge in [-0.3, -0.25) is 0 Å². The molecule has 0 aromatic carbocycles. The lowest BCUT2D eigenvalue weighted by molar-refractivity contribution is 0.116. The first-order valence-corrected chi connectivity index (χ1v) is 8.06. The summed E-state index contributed by atoms with van der Waals surface area (Å²) >= 11 is 0. The highest BCUT2D eigenvalue weighted by molar-refractivity contribution is 5.12. The molecule has 4 nitrogen and oxygen atoms in total. The van der Waals surface area contributed by atoms with Crippen molar-refractivity contribution >= 4 is 0 Å². The van der Waals surface area contributed by atoms with Gasteiger partial charge in [0.15, 0.2) is 0 Å². The van der Waals surface area contributed by atoms with Crippen molar-refractivity contribution in [3.05, 3.63) is 17.8 Å². The Morgan fingerprint density at radius 2 is 2.10 bits per heavy atom. The zero-order valence-electron chi connectivity index (χ0n) is 12.3. The number of ether oxygens (including phenoxy) is 1. The van der Waals surface area contributed by atoms with Crippen molar-refractivity contribution in [2.75, 3.05) is 0 Å². The molecule has 0 amide bonds. The highest BCUT2D eigenvalue weighted by atomic mass is 16.5. The average molecular weight is 275 g/mol. The molecule has 0 saturated heterocycles. The molecule has 2 atom stereocenters. The summed E-state index contributed by atoms with van der Waals surface area (Å²) in [6.45, 7) is 3.09. The zero-order valence-corrected chi connectivity index (χ0v) is 12.3. The molecule has 2 saturated carbocycles. The van der Waals surface area contributed by atoms with E-state index in [0.717, 1.165) is 24.6 Å². The Bertz CT molecular complexity index is 416. The zero-order chi connectivity index (χ0) is 13.8. The van der Waals surface area contributed by atoms with Crippen molar-refractivity contribution in [1.82, 2.24) is 15.5 Å². The molecule has 4 heteroatoms. The predicted molar refractivity (Wildman–Crippen MR) is 78.6 cm³/mol. The summed E-state index contributed by atoms with van der Waals surface area (Å²) in [4.78, 5) is 0. The smallest absolute Gasteiger partial charge is 0.233 e. The molecule has 0 bridgehead atoms. The van der Waals surface area contributed by atoms with Crippen LogP contribution in [0.1, 0.15) is 57.6 Å². The standard InChI is InChI=1S/C16H25N3O/c1-2-12-4-3-5-15(10-12)20-16-9-8-14(18-19-16)11-17-13-6-7-13/h8-9,12-13,15,17H,2-7,10-11H2,1H3. The Hall–Kier alpha value is -1.16. The molecule has 1 aromatic heterocycles. The predicted octanol–water partition coefficient (Wildman–Crippen LogP) is 3.08. The van der Waals surface area contributed by atoms with Crippen LogP contribution in [0.4, 0.5) is 0 Å². The van der Waals surface area contributed by atoms with E-state index in [-0.39, 0.29) is 0 Å². The number of aromatic nitrogens is 2. The molecule has 2 aliphatic rings. The van der Waals surface area contributed by atoms with Gasteiger partial charge in [-0.25, -0.2) is 0 Å². The second-order valence-corrected chi connectivity index (χ2v) is 6.20. The number of nitrogens with zero attached hydrogens (tertiary/aromatic N) is 2. The minimum Gasteiger partial charge on any atom is -0.473 e. The van der Waals surface area contributed by atoms with Crippen molar-refractivity contribution in [1.29, 1.82) is 0 Å². The maximum Gasteiger partial charge on any atom is 0.233 e. The van der Waals surface area contributed by atoms with Crippen LogP contribution in [0.5, 0.6) is 5.88 Å². The summed E-state index contributed by atoms with van der Waals surface area (Å²) in [5, 5.41) is 11.9. The molecule has 1 heterocycles. The molecule has 110 valence electrons. The van der Waals surface area contributed by atoms with Crippen molar-refractivity contribution in [2.24, 2.45) is 5.92 Å². The van der Waals surface area contributed by atoms with Gasteiger partial charge < -0.3 is 10.1 Å². The highest BCUT2D eigenvalue weighted by Gasteiger charge is 2.23. The molecule has 3 rings (SSSR count). The van der Waals surface area contributed by atoms with Crippen molar-refractivity contribution in [3.63, 3.8) is 0 Å². The van der Waals surface area contributed by atoms with Crippen molar-refractivity contribution in [2.45, 2.75) is 70.6 Å². The molecule has 0 aliphatic heterocycles. The van der Waals surface area contributed by atoms with Gasteiger partial charge in [0.05, 0.1) is 5.69 Å². The van der Waals surface area contributed by atoms with Gasteiger partial charge in [0.1, 0.15) is 6.10 Å². The summed E-state index contributed by atoms with van der Waals surface area (Å²) in [5.41, 5.74) is 0.999. The fourth-order valence-corrected chi connectivity index (χ4v) is 2.93. The van der Waals surface area contributed by atoms with Crippen LogP contribution in [0.3, 0.4) is 0 Å². The van der Waals surface area contributed by atoms with Gasteiger partial charge in [0.25, 0.3) is 0 Å². The van der Waals surface area contributed by atoms with Crippen LogP contribution in [0.15, 0.2) is 12.1 Å². The van der Waals surface area contributed by atoms with Crippen molar-refractivity contribution in [3.8, 4) is 5.88 Å². The van der Waals surface area contributed by atoms with E-state index in [4.69, 9.17) is 4.74 Å². The van der Waals surface area contributed by atoms with Gasteiger partial charge in [0, 0.05) is 18.7 Å². The molecule has 2 fully saturated rings. The third kappa shape index (κ3) is 3.92. The van der Waals surface area contributed by atoms with Gasteiger partial charge in [0.2, 0.25) is 5.88 Å². The van der Waals surface area contributed by atoms with Crippen LogP contribution in [0.2, 0.25) is 0 Å². The lowest BCUT2D eigenvalue weighted by atomic mass is 9.85. The van der Waals surface area contributed by atoms with Crippen molar-refractivity contribution < 1.29 is 4.74 Å². The first-order valence-electron chi connectivity index (χ1n) is 8.06. The first kappa shape index (κ1) is 13.8.